The molecule has 0 spiro atoms. The van der Waals surface area contributed by atoms with E-state index in [0.29, 0.717) is 17.4 Å². The molecule has 0 atom stereocenters. The maximum Gasteiger partial charge on any atom is 0.325 e. The number of nitrogens with zero attached hydrogens (tertiary/aromatic N) is 1. The quantitative estimate of drug-likeness (QED) is 0.353. The number of rotatable bonds is 5. The Morgan fingerprint density at radius 2 is 2.00 bits per heavy atom. The molecule has 24 heavy (non-hydrogen) atoms. The van der Waals surface area contributed by atoms with Gasteiger partial charge in [-0.2, -0.15) is 5.10 Å². The van der Waals surface area contributed by atoms with Crippen LogP contribution in [0.25, 0.3) is 0 Å². The van der Waals surface area contributed by atoms with Crippen molar-refractivity contribution in [3.8, 4) is 5.75 Å². The Morgan fingerprint density at radius 1 is 1.29 bits per heavy atom. The summed E-state index contributed by atoms with van der Waals surface area (Å²) in [5.74, 6) is 0.783. The number of hydrogen-bond acceptors (Lipinski definition) is 5. The molecule has 0 unspecified atom stereocenters. The Hall–Kier alpha value is -2.94. The predicted molar refractivity (Wildman–Crippen MR) is 95.6 cm³/mol. The first-order valence-electron chi connectivity index (χ1n) is 7.02. The molecule has 2 rings (SSSR count). The van der Waals surface area contributed by atoms with E-state index >= 15 is 0 Å². The Bertz CT molecular complexity index is 855. The van der Waals surface area contributed by atoms with Crippen molar-refractivity contribution < 1.29 is 4.74 Å². The average molecular weight is 347 g/mol. The molecule has 0 aliphatic rings. The maximum absolute atomic E-state index is 11.6. The van der Waals surface area contributed by atoms with Gasteiger partial charge in [0.05, 0.1) is 18.9 Å². The van der Waals surface area contributed by atoms with Gasteiger partial charge in [-0.1, -0.05) is 12.1 Å². The third kappa shape index (κ3) is 4.78. The van der Waals surface area contributed by atoms with E-state index in [1.54, 1.807) is 14.0 Å². The van der Waals surface area contributed by atoms with Crippen LogP contribution in [0.5, 0.6) is 5.75 Å². The Morgan fingerprint density at radius 3 is 2.62 bits per heavy atom. The van der Waals surface area contributed by atoms with Crippen molar-refractivity contribution in [3.63, 3.8) is 0 Å². The number of H-pyrrole nitrogens is 2. The lowest BCUT2D eigenvalue weighted by molar-refractivity contribution is 0.414. The first-order valence-corrected chi connectivity index (χ1v) is 7.43. The second-order valence-electron chi connectivity index (χ2n) is 4.85. The SMILES string of the molecule is COc1ccc(CNC(=S)N/N=C\c2c(C)[nH]c(=O)[nH]c2=O)cc1. The highest BCUT2D eigenvalue weighted by atomic mass is 32.1. The van der Waals surface area contributed by atoms with Gasteiger partial charge in [0.25, 0.3) is 5.56 Å². The number of hydrogen-bond donors (Lipinski definition) is 4. The van der Waals surface area contributed by atoms with E-state index in [2.05, 4.69) is 25.8 Å². The van der Waals surface area contributed by atoms with E-state index in [-0.39, 0.29) is 5.56 Å². The molecule has 0 amide bonds. The number of methoxy groups -OCH3 is 1. The molecule has 1 heterocycles. The number of aromatic nitrogens is 2. The Balaban J connectivity index is 1.89. The zero-order chi connectivity index (χ0) is 17.5. The van der Waals surface area contributed by atoms with E-state index < -0.39 is 11.2 Å². The number of nitrogens with one attached hydrogen (secondary N) is 4. The summed E-state index contributed by atoms with van der Waals surface area (Å²) in [7, 11) is 1.61. The van der Waals surface area contributed by atoms with E-state index in [0.717, 1.165) is 11.3 Å². The molecular formula is C15H17N5O3S. The molecule has 0 saturated heterocycles. The second kappa shape index (κ2) is 8.06. The molecule has 0 aliphatic heterocycles. The van der Waals surface area contributed by atoms with Crippen LogP contribution in [-0.4, -0.2) is 28.4 Å². The molecule has 0 fully saturated rings. The van der Waals surface area contributed by atoms with Crippen LogP contribution in [0.3, 0.4) is 0 Å². The fourth-order valence-corrected chi connectivity index (χ4v) is 2.01. The van der Waals surface area contributed by atoms with Crippen LogP contribution in [0.15, 0.2) is 39.0 Å². The molecule has 9 heteroatoms. The van der Waals surface area contributed by atoms with Crippen molar-refractivity contribution in [3.05, 3.63) is 61.9 Å². The molecule has 126 valence electrons. The normalized spacial score (nSPS) is 10.6. The van der Waals surface area contributed by atoms with E-state index in [9.17, 15) is 9.59 Å². The van der Waals surface area contributed by atoms with Crippen molar-refractivity contribution >= 4 is 23.5 Å². The predicted octanol–water partition coefficient (Wildman–Crippen LogP) is 0.378. The zero-order valence-electron chi connectivity index (χ0n) is 13.2. The lowest BCUT2D eigenvalue weighted by Gasteiger charge is -2.07. The highest BCUT2D eigenvalue weighted by molar-refractivity contribution is 7.80. The lowest BCUT2D eigenvalue weighted by atomic mass is 10.2. The third-order valence-electron chi connectivity index (χ3n) is 3.15. The van der Waals surface area contributed by atoms with Crippen LogP contribution in [0.4, 0.5) is 0 Å². The maximum atomic E-state index is 11.6. The summed E-state index contributed by atoms with van der Waals surface area (Å²) in [5, 5.41) is 7.18. The van der Waals surface area contributed by atoms with Gasteiger partial charge in [-0.25, -0.2) is 4.79 Å². The summed E-state index contributed by atoms with van der Waals surface area (Å²) in [4.78, 5) is 27.4. The van der Waals surface area contributed by atoms with Crippen LogP contribution in [0.2, 0.25) is 0 Å². The topological polar surface area (TPSA) is 111 Å². The van der Waals surface area contributed by atoms with Crippen LogP contribution in [0, 0.1) is 6.92 Å². The average Bonchev–Trinajstić information content (AvgIpc) is 2.55. The fraction of sp³-hybridized carbons (Fsp3) is 0.200. The summed E-state index contributed by atoms with van der Waals surface area (Å²) < 4.78 is 5.09. The molecule has 0 bridgehead atoms. The number of aromatic amines is 2. The standard InChI is InChI=1S/C15H17N5O3S/c1-9-12(13(21)19-14(22)18-9)8-17-20-15(24)16-7-10-3-5-11(23-2)6-4-10/h3-6,8H,7H2,1-2H3,(H2,16,20,24)(H2,18,19,21,22)/b17-8-. The molecule has 8 nitrogen and oxygen atoms in total. The van der Waals surface area contributed by atoms with Crippen LogP contribution >= 0.6 is 12.2 Å². The Labute approximate surface area is 143 Å². The van der Waals surface area contributed by atoms with Crippen molar-refractivity contribution in [1.29, 1.82) is 0 Å². The van der Waals surface area contributed by atoms with Crippen LogP contribution in [0.1, 0.15) is 16.8 Å². The van der Waals surface area contributed by atoms with Gasteiger partial charge in [-0.05, 0) is 36.8 Å². The monoisotopic (exact) mass is 347 g/mol. The van der Waals surface area contributed by atoms with Gasteiger partial charge in [-0.15, -0.1) is 0 Å². The molecule has 0 aliphatic carbocycles. The minimum Gasteiger partial charge on any atom is -0.497 e. The molecule has 1 aromatic carbocycles. The first-order chi connectivity index (χ1) is 11.5. The second-order valence-corrected chi connectivity index (χ2v) is 5.26. The summed E-state index contributed by atoms with van der Waals surface area (Å²) in [5.41, 5.74) is 3.24. The van der Waals surface area contributed by atoms with Gasteiger partial charge in [0.2, 0.25) is 0 Å². The van der Waals surface area contributed by atoms with Crippen molar-refractivity contribution in [2.75, 3.05) is 7.11 Å². The van der Waals surface area contributed by atoms with Gasteiger partial charge in [0.15, 0.2) is 5.11 Å². The van der Waals surface area contributed by atoms with Crippen molar-refractivity contribution in [1.82, 2.24) is 20.7 Å². The number of ether oxygens (including phenoxy) is 1. The number of thiocarbonyl (C=S) groups is 1. The molecular weight excluding hydrogens is 330 g/mol. The summed E-state index contributed by atoms with van der Waals surface area (Å²) in [6.07, 6.45) is 1.30. The molecule has 0 saturated carbocycles. The summed E-state index contributed by atoms with van der Waals surface area (Å²) in [6, 6.07) is 7.55. The molecule has 2 aromatic rings. The molecule has 1 aromatic heterocycles. The molecule has 0 radical (unpaired) electrons. The van der Waals surface area contributed by atoms with Crippen molar-refractivity contribution in [2.45, 2.75) is 13.5 Å². The lowest BCUT2D eigenvalue weighted by Crippen LogP contribution is -2.32. The number of benzene rings is 1. The van der Waals surface area contributed by atoms with Gasteiger partial charge < -0.3 is 15.0 Å². The van der Waals surface area contributed by atoms with E-state index in [1.165, 1.54) is 6.21 Å². The summed E-state index contributed by atoms with van der Waals surface area (Å²) >= 11 is 5.10. The fourth-order valence-electron chi connectivity index (χ4n) is 1.89. The zero-order valence-corrected chi connectivity index (χ0v) is 14.0. The van der Waals surface area contributed by atoms with E-state index in [4.69, 9.17) is 17.0 Å². The van der Waals surface area contributed by atoms with Crippen molar-refractivity contribution in [2.24, 2.45) is 5.10 Å². The highest BCUT2D eigenvalue weighted by Crippen LogP contribution is 2.10. The largest absolute Gasteiger partial charge is 0.497 e. The van der Waals surface area contributed by atoms with Gasteiger partial charge in [0, 0.05) is 12.2 Å². The molecule has 4 N–H and O–H groups in total. The van der Waals surface area contributed by atoms with Gasteiger partial charge >= 0.3 is 5.69 Å². The minimum absolute atomic E-state index is 0.250. The van der Waals surface area contributed by atoms with Crippen LogP contribution < -0.4 is 26.7 Å². The first kappa shape index (κ1) is 17.4. The highest BCUT2D eigenvalue weighted by Gasteiger charge is 2.02. The third-order valence-corrected chi connectivity index (χ3v) is 3.38. The summed E-state index contributed by atoms with van der Waals surface area (Å²) in [6.45, 7) is 2.13. The van der Waals surface area contributed by atoms with E-state index in [1.807, 2.05) is 24.3 Å². The number of aryl methyl sites for hydroxylation is 1. The number of hydrazone groups is 1. The smallest absolute Gasteiger partial charge is 0.325 e. The minimum atomic E-state index is -0.556. The van der Waals surface area contributed by atoms with Gasteiger partial charge in [0.1, 0.15) is 5.75 Å². The van der Waals surface area contributed by atoms with Gasteiger partial charge in [-0.3, -0.25) is 15.2 Å². The van der Waals surface area contributed by atoms with Crippen LogP contribution in [-0.2, 0) is 6.54 Å². The Kier molecular flexibility index (Phi) is 5.85.